The molecule has 1 aromatic heterocycles. The number of ether oxygens (including phenoxy) is 1. The molecule has 0 unspecified atom stereocenters. The molecule has 0 fully saturated rings. The van der Waals surface area contributed by atoms with Gasteiger partial charge in [-0.2, -0.15) is 0 Å². The number of carbonyl (C=O) groups excluding carboxylic acids is 4. The summed E-state index contributed by atoms with van der Waals surface area (Å²) < 4.78 is 5.33. The Labute approximate surface area is 247 Å². The van der Waals surface area contributed by atoms with Gasteiger partial charge in [0, 0.05) is 17.1 Å². The minimum Gasteiger partial charge on any atom is -0.445 e. The summed E-state index contributed by atoms with van der Waals surface area (Å²) in [6.07, 6.45) is 6.07. The van der Waals surface area contributed by atoms with Crippen LogP contribution >= 0.6 is 0 Å². The molecule has 42 heavy (non-hydrogen) atoms. The molecule has 0 radical (unpaired) electrons. The highest BCUT2D eigenvalue weighted by Crippen LogP contribution is 2.20. The first-order valence-electron chi connectivity index (χ1n) is 14.4. The molecule has 1 heterocycles. The van der Waals surface area contributed by atoms with Crippen molar-refractivity contribution in [1.29, 1.82) is 0 Å². The first kappa shape index (κ1) is 32.1. The molecule has 0 aliphatic rings. The molecule has 0 aliphatic heterocycles. The lowest BCUT2D eigenvalue weighted by Gasteiger charge is -2.26. The molecule has 0 spiro atoms. The summed E-state index contributed by atoms with van der Waals surface area (Å²) in [5.41, 5.74) is 2.80. The maximum Gasteiger partial charge on any atom is 0.408 e. The summed E-state index contributed by atoms with van der Waals surface area (Å²) in [6, 6.07) is 14.9. The lowest BCUT2D eigenvalue weighted by atomic mass is 9.99. The van der Waals surface area contributed by atoms with E-state index in [1.54, 1.807) is 6.08 Å². The fourth-order valence-corrected chi connectivity index (χ4v) is 4.75. The van der Waals surface area contributed by atoms with Crippen molar-refractivity contribution < 1.29 is 23.9 Å². The summed E-state index contributed by atoms with van der Waals surface area (Å²) in [5.74, 6) is -0.627. The van der Waals surface area contributed by atoms with Gasteiger partial charge in [-0.05, 0) is 54.4 Å². The number of allylic oxidation sites excluding steroid dienone is 1. The highest BCUT2D eigenvalue weighted by Gasteiger charge is 2.29. The van der Waals surface area contributed by atoms with Crippen molar-refractivity contribution in [2.24, 2.45) is 11.8 Å². The average Bonchev–Trinajstić information content (AvgIpc) is 3.36. The van der Waals surface area contributed by atoms with Crippen LogP contribution in [0.5, 0.6) is 0 Å². The molecule has 3 aromatic rings. The van der Waals surface area contributed by atoms with E-state index in [0.717, 1.165) is 22.0 Å². The molecular weight excluding hydrogens is 532 g/mol. The van der Waals surface area contributed by atoms with Gasteiger partial charge in [-0.3, -0.25) is 14.4 Å². The van der Waals surface area contributed by atoms with E-state index in [2.05, 4.69) is 20.9 Å². The number of H-pyrrole nitrogens is 1. The smallest absolute Gasteiger partial charge is 0.408 e. The number of para-hydroxylation sites is 1. The normalized spacial score (nSPS) is 13.6. The Morgan fingerprint density at radius 3 is 2.12 bits per heavy atom. The average molecular weight is 575 g/mol. The Balaban J connectivity index is 1.70. The highest BCUT2D eigenvalue weighted by molar-refractivity contribution is 5.91. The Morgan fingerprint density at radius 1 is 0.833 bits per heavy atom. The van der Waals surface area contributed by atoms with Gasteiger partial charge < -0.3 is 25.7 Å². The lowest BCUT2D eigenvalue weighted by Crippen LogP contribution is -2.55. The van der Waals surface area contributed by atoms with Crippen LogP contribution < -0.4 is 16.0 Å². The predicted octanol–water partition coefficient (Wildman–Crippen LogP) is 4.82. The third-order valence-corrected chi connectivity index (χ3v) is 6.73. The van der Waals surface area contributed by atoms with Crippen LogP contribution in [0.1, 0.15) is 51.7 Å². The van der Waals surface area contributed by atoms with Crippen LogP contribution in [0.4, 0.5) is 4.79 Å². The minimum absolute atomic E-state index is 0.0766. The van der Waals surface area contributed by atoms with Crippen molar-refractivity contribution in [3.05, 3.63) is 84.1 Å². The van der Waals surface area contributed by atoms with Gasteiger partial charge in [0.25, 0.3) is 0 Å². The highest BCUT2D eigenvalue weighted by atomic mass is 16.5. The lowest BCUT2D eigenvalue weighted by molar-refractivity contribution is -0.130. The van der Waals surface area contributed by atoms with Crippen LogP contribution in [0.15, 0.2) is 72.9 Å². The Morgan fingerprint density at radius 2 is 1.45 bits per heavy atom. The minimum atomic E-state index is -0.882. The molecule has 3 amide bonds. The number of aromatic amines is 1. The van der Waals surface area contributed by atoms with Crippen LogP contribution in [-0.2, 0) is 32.1 Å². The fraction of sp³-hybridized carbons (Fsp3) is 0.394. The van der Waals surface area contributed by atoms with Crippen molar-refractivity contribution in [2.75, 3.05) is 0 Å². The molecule has 3 rings (SSSR count). The van der Waals surface area contributed by atoms with Gasteiger partial charge in [0.15, 0.2) is 0 Å². The van der Waals surface area contributed by atoms with Crippen LogP contribution in [0.3, 0.4) is 0 Å². The van der Waals surface area contributed by atoms with Crippen molar-refractivity contribution in [3.63, 3.8) is 0 Å². The molecule has 0 saturated heterocycles. The maximum atomic E-state index is 13.5. The zero-order valence-electron chi connectivity index (χ0n) is 24.8. The van der Waals surface area contributed by atoms with Gasteiger partial charge in [0.1, 0.15) is 25.0 Å². The van der Waals surface area contributed by atoms with Crippen LogP contribution in [0, 0.1) is 11.8 Å². The number of carbonyl (C=O) groups is 4. The molecule has 3 atom stereocenters. The van der Waals surface area contributed by atoms with Crippen molar-refractivity contribution in [3.8, 4) is 0 Å². The second-order valence-corrected chi connectivity index (χ2v) is 11.3. The second kappa shape index (κ2) is 16.1. The van der Waals surface area contributed by atoms with Gasteiger partial charge in [0.05, 0.1) is 6.04 Å². The number of hydrogen-bond acceptors (Lipinski definition) is 5. The monoisotopic (exact) mass is 574 g/mol. The van der Waals surface area contributed by atoms with E-state index in [-0.39, 0.29) is 24.3 Å². The van der Waals surface area contributed by atoms with Crippen molar-refractivity contribution >= 4 is 35.1 Å². The number of nitrogens with one attached hydrogen (secondary N) is 4. The molecule has 2 aromatic carbocycles. The van der Waals surface area contributed by atoms with Gasteiger partial charge in [-0.1, -0.05) is 82.3 Å². The van der Waals surface area contributed by atoms with Gasteiger partial charge in [-0.15, -0.1) is 0 Å². The van der Waals surface area contributed by atoms with Crippen LogP contribution in [-0.4, -0.2) is 47.3 Å². The molecule has 4 N–H and O–H groups in total. The molecule has 9 nitrogen and oxygen atoms in total. The number of alkyl carbamates (subject to hydrolysis) is 1. The summed E-state index contributed by atoms with van der Waals surface area (Å²) in [5, 5.41) is 9.57. The number of aldehydes is 1. The number of rotatable bonds is 15. The summed E-state index contributed by atoms with van der Waals surface area (Å²) in [6.45, 7) is 7.90. The first-order chi connectivity index (χ1) is 20.2. The van der Waals surface area contributed by atoms with E-state index in [4.69, 9.17) is 4.74 Å². The van der Waals surface area contributed by atoms with E-state index < -0.39 is 30.1 Å². The summed E-state index contributed by atoms with van der Waals surface area (Å²) >= 11 is 0. The third-order valence-electron chi connectivity index (χ3n) is 6.73. The van der Waals surface area contributed by atoms with E-state index in [1.165, 1.54) is 6.08 Å². The number of hydrogen-bond donors (Lipinski definition) is 4. The summed E-state index contributed by atoms with van der Waals surface area (Å²) in [7, 11) is 0. The molecule has 0 saturated carbocycles. The molecular formula is C33H42N4O5. The first-order valence-corrected chi connectivity index (χ1v) is 14.4. The number of fused-ring (bicyclic) bond motifs is 1. The van der Waals surface area contributed by atoms with Gasteiger partial charge in [0.2, 0.25) is 11.8 Å². The van der Waals surface area contributed by atoms with Crippen molar-refractivity contribution in [1.82, 2.24) is 20.9 Å². The molecule has 9 heteroatoms. The van der Waals surface area contributed by atoms with E-state index >= 15 is 0 Å². The molecule has 224 valence electrons. The largest absolute Gasteiger partial charge is 0.445 e. The second-order valence-electron chi connectivity index (χ2n) is 11.3. The SMILES string of the molecule is CC(C)C[C@H](NC(=O)OCc1ccccc1)C(=O)N[C@@H](CC(C)C)C(=O)N[C@H](C=CC=O)Cc1c[nH]c2ccccc12. The van der Waals surface area contributed by atoms with E-state index in [0.29, 0.717) is 25.5 Å². The Hall–Kier alpha value is -4.40. The zero-order chi connectivity index (χ0) is 30.5. The maximum absolute atomic E-state index is 13.5. The van der Waals surface area contributed by atoms with Crippen LogP contribution in [0.2, 0.25) is 0 Å². The zero-order valence-corrected chi connectivity index (χ0v) is 24.8. The van der Waals surface area contributed by atoms with Crippen LogP contribution in [0.25, 0.3) is 10.9 Å². The number of amides is 3. The van der Waals surface area contributed by atoms with Gasteiger partial charge >= 0.3 is 6.09 Å². The quantitative estimate of drug-likeness (QED) is 0.153. The van der Waals surface area contributed by atoms with E-state index in [1.807, 2.05) is 88.5 Å². The number of benzene rings is 2. The van der Waals surface area contributed by atoms with Crippen molar-refractivity contribution in [2.45, 2.75) is 71.7 Å². The molecule has 0 aliphatic carbocycles. The van der Waals surface area contributed by atoms with Gasteiger partial charge in [-0.25, -0.2) is 4.79 Å². The standard InChI is InChI=1S/C33H42N4O5/c1-22(2)17-29(31(39)35-26(13-10-16-38)19-25-20-34-28-15-9-8-14-27(25)28)36-32(40)30(18-23(3)4)37-33(41)42-21-24-11-6-5-7-12-24/h5-16,20,22-23,26,29-30,34H,17-19,21H2,1-4H3,(H,35,39)(H,36,40)(H,37,41)/t26-,29+,30+/m1/s1. The molecule has 0 bridgehead atoms. The van der Waals surface area contributed by atoms with E-state index in [9.17, 15) is 19.2 Å². The third kappa shape index (κ3) is 10.2. The number of aromatic nitrogens is 1. The summed E-state index contributed by atoms with van der Waals surface area (Å²) in [4.78, 5) is 53.9. The topological polar surface area (TPSA) is 129 Å². The Kier molecular flexibility index (Phi) is 12.3. The Bertz CT molecular complexity index is 1350. The predicted molar refractivity (Wildman–Crippen MR) is 164 cm³/mol. The fourth-order valence-electron chi connectivity index (χ4n) is 4.75.